The fourth-order valence-electron chi connectivity index (χ4n) is 4.56. The monoisotopic (exact) mass is 455 g/mol. The van der Waals surface area contributed by atoms with Crippen LogP contribution in [-0.2, 0) is 14.6 Å². The number of anilines is 1. The number of likely N-dealkylation sites (tertiary alicyclic amines) is 1. The SMILES string of the molecule is O=C(Nc1cccc(-c2nc3ccccc3s2)c1)C1CCN([C@@H]2CCS(=O)(=O)C2)CC1. The zero-order valence-corrected chi connectivity index (χ0v) is 18.8. The van der Waals surface area contributed by atoms with E-state index in [1.807, 2.05) is 42.5 Å². The van der Waals surface area contributed by atoms with Gasteiger partial charge in [-0.1, -0.05) is 24.3 Å². The number of fused-ring (bicyclic) bond motifs is 1. The molecule has 2 aromatic carbocycles. The van der Waals surface area contributed by atoms with E-state index in [1.165, 1.54) is 0 Å². The van der Waals surface area contributed by atoms with Gasteiger partial charge in [-0.2, -0.15) is 0 Å². The lowest BCUT2D eigenvalue weighted by molar-refractivity contribution is -0.121. The van der Waals surface area contributed by atoms with Crippen molar-refractivity contribution in [3.63, 3.8) is 0 Å². The second-order valence-electron chi connectivity index (χ2n) is 8.42. The van der Waals surface area contributed by atoms with E-state index in [0.29, 0.717) is 5.75 Å². The Morgan fingerprint density at radius 2 is 1.87 bits per heavy atom. The van der Waals surface area contributed by atoms with Gasteiger partial charge in [0.2, 0.25) is 5.91 Å². The number of benzene rings is 2. The molecule has 1 amide bonds. The fourth-order valence-corrected chi connectivity index (χ4v) is 7.28. The highest BCUT2D eigenvalue weighted by Crippen LogP contribution is 2.31. The van der Waals surface area contributed by atoms with Crippen molar-refractivity contribution in [2.45, 2.75) is 25.3 Å². The molecule has 3 aromatic rings. The summed E-state index contributed by atoms with van der Waals surface area (Å²) in [5, 5.41) is 4.02. The average molecular weight is 456 g/mol. The summed E-state index contributed by atoms with van der Waals surface area (Å²) in [4.78, 5) is 19.8. The van der Waals surface area contributed by atoms with E-state index in [9.17, 15) is 13.2 Å². The Bertz CT molecular complexity index is 1180. The number of rotatable bonds is 4. The Kier molecular flexibility index (Phi) is 5.54. The van der Waals surface area contributed by atoms with Crippen LogP contribution in [0.2, 0.25) is 0 Å². The zero-order valence-electron chi connectivity index (χ0n) is 17.2. The van der Waals surface area contributed by atoms with E-state index in [4.69, 9.17) is 4.98 Å². The van der Waals surface area contributed by atoms with E-state index < -0.39 is 9.84 Å². The van der Waals surface area contributed by atoms with Crippen LogP contribution in [0.3, 0.4) is 0 Å². The number of amides is 1. The minimum absolute atomic E-state index is 0.0413. The van der Waals surface area contributed by atoms with Crippen LogP contribution < -0.4 is 5.32 Å². The first-order chi connectivity index (χ1) is 15.0. The van der Waals surface area contributed by atoms with Gasteiger partial charge in [-0.25, -0.2) is 13.4 Å². The van der Waals surface area contributed by atoms with E-state index in [1.54, 1.807) is 11.3 Å². The molecule has 2 aliphatic rings. The molecule has 0 bridgehead atoms. The lowest BCUT2D eigenvalue weighted by atomic mass is 9.94. The predicted octanol–water partition coefficient (Wildman–Crippen LogP) is 3.80. The van der Waals surface area contributed by atoms with Crippen LogP contribution in [0.5, 0.6) is 0 Å². The number of thiazole rings is 1. The number of piperidine rings is 1. The van der Waals surface area contributed by atoms with Crippen molar-refractivity contribution in [2.24, 2.45) is 5.92 Å². The van der Waals surface area contributed by atoms with Gasteiger partial charge in [0.1, 0.15) is 5.01 Å². The van der Waals surface area contributed by atoms with Crippen LogP contribution in [0.15, 0.2) is 48.5 Å². The Hall–Kier alpha value is -2.29. The molecule has 2 fully saturated rings. The molecule has 0 radical (unpaired) electrons. The Morgan fingerprint density at radius 3 is 2.61 bits per heavy atom. The van der Waals surface area contributed by atoms with Crippen molar-refractivity contribution in [3.05, 3.63) is 48.5 Å². The zero-order chi connectivity index (χ0) is 21.4. The summed E-state index contributed by atoms with van der Waals surface area (Å²) in [6, 6.07) is 16.0. The normalized spacial score (nSPS) is 22.0. The van der Waals surface area contributed by atoms with Crippen LogP contribution in [0, 0.1) is 5.92 Å². The first-order valence-electron chi connectivity index (χ1n) is 10.7. The highest BCUT2D eigenvalue weighted by Gasteiger charge is 2.35. The first-order valence-corrected chi connectivity index (χ1v) is 13.3. The van der Waals surface area contributed by atoms with Gasteiger partial charge in [-0.15, -0.1) is 11.3 Å². The maximum Gasteiger partial charge on any atom is 0.227 e. The summed E-state index contributed by atoms with van der Waals surface area (Å²) < 4.78 is 24.6. The summed E-state index contributed by atoms with van der Waals surface area (Å²) in [5.74, 6) is 0.561. The van der Waals surface area contributed by atoms with Crippen LogP contribution in [-0.4, -0.2) is 54.8 Å². The highest BCUT2D eigenvalue weighted by molar-refractivity contribution is 7.91. The van der Waals surface area contributed by atoms with Gasteiger partial charge in [0.15, 0.2) is 9.84 Å². The largest absolute Gasteiger partial charge is 0.326 e. The number of sulfone groups is 1. The Morgan fingerprint density at radius 1 is 1.06 bits per heavy atom. The number of carbonyl (C=O) groups excluding carboxylic acids is 1. The van der Waals surface area contributed by atoms with Gasteiger partial charge in [0.05, 0.1) is 21.7 Å². The summed E-state index contributed by atoms with van der Waals surface area (Å²) in [6.07, 6.45) is 2.25. The van der Waals surface area contributed by atoms with Gasteiger partial charge >= 0.3 is 0 Å². The van der Waals surface area contributed by atoms with E-state index in [0.717, 1.165) is 58.8 Å². The van der Waals surface area contributed by atoms with Crippen molar-refractivity contribution in [2.75, 3.05) is 29.9 Å². The third kappa shape index (κ3) is 4.51. The van der Waals surface area contributed by atoms with Crippen LogP contribution >= 0.6 is 11.3 Å². The molecule has 2 saturated heterocycles. The molecule has 2 aliphatic heterocycles. The third-order valence-corrected chi connectivity index (χ3v) is 9.13. The van der Waals surface area contributed by atoms with Crippen LogP contribution in [0.1, 0.15) is 19.3 Å². The minimum Gasteiger partial charge on any atom is -0.326 e. The van der Waals surface area contributed by atoms with Gasteiger partial charge in [-0.05, 0) is 56.6 Å². The molecular weight excluding hydrogens is 430 g/mol. The molecule has 0 unspecified atom stereocenters. The molecule has 3 heterocycles. The minimum atomic E-state index is -2.88. The van der Waals surface area contributed by atoms with E-state index in [2.05, 4.69) is 16.3 Å². The molecule has 6 nitrogen and oxygen atoms in total. The van der Waals surface area contributed by atoms with Crippen LogP contribution in [0.4, 0.5) is 5.69 Å². The number of hydrogen-bond acceptors (Lipinski definition) is 6. The molecule has 5 rings (SSSR count). The molecule has 0 spiro atoms. The van der Waals surface area contributed by atoms with E-state index >= 15 is 0 Å². The standard InChI is InChI=1S/C23H25N3O3S2/c27-22(16-8-11-26(12-9-16)19-10-13-31(28,29)15-19)24-18-5-3-4-17(14-18)23-25-20-6-1-2-7-21(20)30-23/h1-7,14,16,19H,8-13,15H2,(H,24,27)/t19-/m1/s1. The summed E-state index contributed by atoms with van der Waals surface area (Å²) in [7, 11) is -2.88. The molecule has 8 heteroatoms. The Balaban J connectivity index is 1.22. The third-order valence-electron chi connectivity index (χ3n) is 6.30. The first kappa shape index (κ1) is 20.6. The molecule has 1 atom stereocenters. The fraction of sp³-hybridized carbons (Fsp3) is 0.391. The molecule has 1 N–H and O–H groups in total. The summed E-state index contributed by atoms with van der Waals surface area (Å²) in [6.45, 7) is 1.56. The van der Waals surface area contributed by atoms with Gasteiger partial charge in [0, 0.05) is 23.2 Å². The molecule has 1 aromatic heterocycles. The Labute approximate surface area is 186 Å². The molecule has 162 valence electrons. The average Bonchev–Trinajstić information content (AvgIpc) is 3.37. The number of aromatic nitrogens is 1. The summed E-state index contributed by atoms with van der Waals surface area (Å²) in [5.41, 5.74) is 2.76. The second kappa shape index (κ2) is 8.33. The number of nitrogens with zero attached hydrogens (tertiary/aromatic N) is 2. The number of hydrogen-bond donors (Lipinski definition) is 1. The van der Waals surface area contributed by atoms with Crippen molar-refractivity contribution >= 4 is 43.0 Å². The topological polar surface area (TPSA) is 79.4 Å². The van der Waals surface area contributed by atoms with Crippen molar-refractivity contribution in [3.8, 4) is 10.6 Å². The smallest absolute Gasteiger partial charge is 0.227 e. The lowest BCUT2D eigenvalue weighted by Gasteiger charge is -2.34. The van der Waals surface area contributed by atoms with Crippen molar-refractivity contribution < 1.29 is 13.2 Å². The molecule has 0 aliphatic carbocycles. The number of carbonyl (C=O) groups is 1. The maximum absolute atomic E-state index is 12.8. The van der Waals surface area contributed by atoms with Crippen LogP contribution in [0.25, 0.3) is 20.8 Å². The maximum atomic E-state index is 12.8. The summed E-state index contributed by atoms with van der Waals surface area (Å²) >= 11 is 1.65. The predicted molar refractivity (Wildman–Crippen MR) is 125 cm³/mol. The van der Waals surface area contributed by atoms with Gasteiger partial charge in [-0.3, -0.25) is 9.69 Å². The van der Waals surface area contributed by atoms with E-state index in [-0.39, 0.29) is 23.6 Å². The van der Waals surface area contributed by atoms with Gasteiger partial charge < -0.3 is 5.32 Å². The molecular formula is C23H25N3O3S2. The van der Waals surface area contributed by atoms with Crippen molar-refractivity contribution in [1.29, 1.82) is 0 Å². The molecule has 0 saturated carbocycles. The quantitative estimate of drug-likeness (QED) is 0.647. The lowest BCUT2D eigenvalue weighted by Crippen LogP contribution is -2.44. The van der Waals surface area contributed by atoms with Crippen molar-refractivity contribution in [1.82, 2.24) is 9.88 Å². The highest BCUT2D eigenvalue weighted by atomic mass is 32.2. The van der Waals surface area contributed by atoms with Gasteiger partial charge in [0.25, 0.3) is 0 Å². The second-order valence-corrected chi connectivity index (χ2v) is 11.7. The number of para-hydroxylation sites is 1. The molecule has 31 heavy (non-hydrogen) atoms. The number of nitrogens with one attached hydrogen (secondary N) is 1.